The van der Waals surface area contributed by atoms with Crippen molar-refractivity contribution >= 4 is 23.0 Å². The first-order valence-electron chi connectivity index (χ1n) is 4.76. The Balaban J connectivity index is 1.98. The molecule has 0 radical (unpaired) electrons. The summed E-state index contributed by atoms with van der Waals surface area (Å²) in [5.41, 5.74) is 7.31. The van der Waals surface area contributed by atoms with Crippen molar-refractivity contribution in [1.29, 1.82) is 0 Å². The predicted molar refractivity (Wildman–Crippen MR) is 66.2 cm³/mol. The van der Waals surface area contributed by atoms with Crippen LogP contribution in [0.15, 0.2) is 41.3 Å². The van der Waals surface area contributed by atoms with E-state index in [4.69, 9.17) is 22.4 Å². The first-order chi connectivity index (χ1) is 7.75. The first-order valence-corrected chi connectivity index (χ1v) is 5.17. The van der Waals surface area contributed by atoms with Gasteiger partial charge in [0.15, 0.2) is 0 Å². The van der Waals surface area contributed by atoms with Gasteiger partial charge in [-0.2, -0.15) is 0 Å². The third kappa shape index (κ3) is 2.58. The van der Waals surface area contributed by atoms with Crippen LogP contribution in [0.2, 0.25) is 0 Å². The molecule has 0 aliphatic rings. The highest BCUT2D eigenvalue weighted by atomic mass is 32.1. The quantitative estimate of drug-likeness (QED) is 0.790. The number of hydrogen-bond acceptors (Lipinski definition) is 4. The highest BCUT2D eigenvalue weighted by Crippen LogP contribution is 2.07. The summed E-state index contributed by atoms with van der Waals surface area (Å²) in [5, 5.41) is 3.16. The van der Waals surface area contributed by atoms with E-state index in [1.165, 1.54) is 0 Å². The Morgan fingerprint density at radius 3 is 2.88 bits per heavy atom. The molecule has 5 heteroatoms. The molecule has 0 spiro atoms. The number of rotatable bonds is 4. The number of thiocarbonyl (C=S) groups is 1. The lowest BCUT2D eigenvalue weighted by Crippen LogP contribution is -2.10. The smallest absolute Gasteiger partial charge is 0.126 e. The molecule has 16 heavy (non-hydrogen) atoms. The van der Waals surface area contributed by atoms with Crippen LogP contribution < -0.4 is 11.1 Å². The van der Waals surface area contributed by atoms with Gasteiger partial charge in [0.2, 0.25) is 0 Å². The van der Waals surface area contributed by atoms with Crippen molar-refractivity contribution in [3.8, 4) is 0 Å². The maximum Gasteiger partial charge on any atom is 0.126 e. The van der Waals surface area contributed by atoms with Crippen molar-refractivity contribution < 1.29 is 4.42 Å². The van der Waals surface area contributed by atoms with Gasteiger partial charge in [0.05, 0.1) is 12.5 Å². The van der Waals surface area contributed by atoms with Crippen molar-refractivity contribution in [3.05, 3.63) is 48.0 Å². The molecule has 0 saturated carbocycles. The summed E-state index contributed by atoms with van der Waals surface area (Å²) in [5.74, 6) is 0.779. The van der Waals surface area contributed by atoms with Gasteiger partial charge < -0.3 is 15.5 Å². The fraction of sp³-hybridized carbons (Fsp3) is 0.0909. The number of pyridine rings is 1. The molecule has 0 aliphatic heterocycles. The lowest BCUT2D eigenvalue weighted by atomic mass is 10.3. The number of nitrogens with two attached hydrogens (primary N) is 1. The summed E-state index contributed by atoms with van der Waals surface area (Å²) in [4.78, 5) is 4.55. The topological polar surface area (TPSA) is 64.1 Å². The molecule has 0 fully saturated rings. The summed E-state index contributed by atoms with van der Waals surface area (Å²) in [6.07, 6.45) is 4.98. The lowest BCUT2D eigenvalue weighted by molar-refractivity contribution is 0.564. The Morgan fingerprint density at radius 1 is 1.44 bits per heavy atom. The number of furan rings is 1. The van der Waals surface area contributed by atoms with Gasteiger partial charge in [-0.15, -0.1) is 0 Å². The first kappa shape index (κ1) is 10.6. The van der Waals surface area contributed by atoms with E-state index in [9.17, 15) is 0 Å². The number of hydrogen-bond donors (Lipinski definition) is 2. The molecule has 82 valence electrons. The lowest BCUT2D eigenvalue weighted by Gasteiger charge is -2.04. The van der Waals surface area contributed by atoms with Gasteiger partial charge in [-0.05, 0) is 18.2 Å². The molecule has 0 atom stereocenters. The highest BCUT2D eigenvalue weighted by Gasteiger charge is 1.98. The Labute approximate surface area is 98.5 Å². The Bertz CT molecular complexity index is 464. The molecular weight excluding hydrogens is 222 g/mol. The van der Waals surface area contributed by atoms with Crippen molar-refractivity contribution in [2.24, 2.45) is 5.73 Å². The van der Waals surface area contributed by atoms with Gasteiger partial charge in [-0.1, -0.05) is 12.2 Å². The zero-order chi connectivity index (χ0) is 11.4. The van der Waals surface area contributed by atoms with Crippen LogP contribution in [0.4, 0.5) is 5.82 Å². The summed E-state index contributed by atoms with van der Waals surface area (Å²) in [7, 11) is 0. The number of aromatic nitrogens is 1. The van der Waals surface area contributed by atoms with Crippen LogP contribution in [0, 0.1) is 0 Å². The van der Waals surface area contributed by atoms with Gasteiger partial charge in [0, 0.05) is 23.9 Å². The van der Waals surface area contributed by atoms with E-state index in [1.807, 2.05) is 18.2 Å². The van der Waals surface area contributed by atoms with Gasteiger partial charge in [-0.25, -0.2) is 4.98 Å². The fourth-order valence-electron chi connectivity index (χ4n) is 1.23. The standard InChI is InChI=1S/C11H11N3OS/c12-11(16)9-1-2-10(14-6-9)13-5-8-3-4-15-7-8/h1-4,6-7H,5H2,(H2,12,16)(H,13,14). The molecule has 0 aromatic carbocycles. The minimum Gasteiger partial charge on any atom is -0.472 e. The zero-order valence-electron chi connectivity index (χ0n) is 8.51. The fourth-order valence-corrected chi connectivity index (χ4v) is 1.35. The van der Waals surface area contributed by atoms with Crippen molar-refractivity contribution in [2.75, 3.05) is 5.32 Å². The molecule has 3 N–H and O–H groups in total. The molecule has 0 amide bonds. The summed E-state index contributed by atoms with van der Waals surface area (Å²) < 4.78 is 4.96. The van der Waals surface area contributed by atoms with Crippen LogP contribution >= 0.6 is 12.2 Å². The van der Waals surface area contributed by atoms with E-state index in [1.54, 1.807) is 18.7 Å². The monoisotopic (exact) mass is 233 g/mol. The summed E-state index contributed by atoms with van der Waals surface area (Å²) in [6, 6.07) is 5.58. The Hall–Kier alpha value is -1.88. The van der Waals surface area contributed by atoms with E-state index < -0.39 is 0 Å². The van der Waals surface area contributed by atoms with Gasteiger partial charge >= 0.3 is 0 Å². The summed E-state index contributed by atoms with van der Waals surface area (Å²) >= 11 is 4.84. The minimum atomic E-state index is 0.355. The SMILES string of the molecule is NC(=S)c1ccc(NCc2ccoc2)nc1. The molecule has 2 rings (SSSR count). The van der Waals surface area contributed by atoms with Crippen LogP contribution in [-0.2, 0) is 6.54 Å². The molecule has 4 nitrogen and oxygen atoms in total. The number of nitrogens with one attached hydrogen (secondary N) is 1. The third-order valence-corrected chi connectivity index (χ3v) is 2.34. The number of anilines is 1. The predicted octanol–water partition coefficient (Wildman–Crippen LogP) is 1.92. The molecule has 2 aromatic rings. The normalized spacial score (nSPS) is 10.0. The van der Waals surface area contributed by atoms with E-state index >= 15 is 0 Å². The Morgan fingerprint density at radius 2 is 2.31 bits per heavy atom. The third-order valence-electron chi connectivity index (χ3n) is 2.10. The molecule has 2 heterocycles. The van der Waals surface area contributed by atoms with Gasteiger partial charge in [0.1, 0.15) is 10.8 Å². The second kappa shape index (κ2) is 4.76. The van der Waals surface area contributed by atoms with E-state index in [2.05, 4.69) is 10.3 Å². The molecular formula is C11H11N3OS. The molecule has 2 aromatic heterocycles. The molecule has 0 bridgehead atoms. The Kier molecular flexibility index (Phi) is 3.16. The van der Waals surface area contributed by atoms with Crippen molar-refractivity contribution in [3.63, 3.8) is 0 Å². The highest BCUT2D eigenvalue weighted by molar-refractivity contribution is 7.80. The largest absolute Gasteiger partial charge is 0.472 e. The summed E-state index contributed by atoms with van der Waals surface area (Å²) in [6.45, 7) is 0.677. The van der Waals surface area contributed by atoms with Gasteiger partial charge in [-0.3, -0.25) is 0 Å². The van der Waals surface area contributed by atoms with E-state index in [0.717, 1.165) is 16.9 Å². The van der Waals surface area contributed by atoms with Crippen LogP contribution in [0.3, 0.4) is 0 Å². The van der Waals surface area contributed by atoms with E-state index in [-0.39, 0.29) is 0 Å². The average molecular weight is 233 g/mol. The molecule has 0 aliphatic carbocycles. The minimum absolute atomic E-state index is 0.355. The van der Waals surface area contributed by atoms with Crippen LogP contribution in [0.1, 0.15) is 11.1 Å². The maximum atomic E-state index is 5.47. The van der Waals surface area contributed by atoms with Crippen LogP contribution in [0.5, 0.6) is 0 Å². The maximum absolute atomic E-state index is 5.47. The van der Waals surface area contributed by atoms with E-state index in [0.29, 0.717) is 11.5 Å². The van der Waals surface area contributed by atoms with Crippen molar-refractivity contribution in [1.82, 2.24) is 4.98 Å². The van der Waals surface area contributed by atoms with Gasteiger partial charge in [0.25, 0.3) is 0 Å². The molecule has 0 unspecified atom stereocenters. The zero-order valence-corrected chi connectivity index (χ0v) is 9.33. The van der Waals surface area contributed by atoms with Crippen LogP contribution in [0.25, 0.3) is 0 Å². The second-order valence-corrected chi connectivity index (χ2v) is 3.72. The van der Waals surface area contributed by atoms with Crippen molar-refractivity contribution in [2.45, 2.75) is 6.54 Å². The number of nitrogens with zero attached hydrogens (tertiary/aromatic N) is 1. The van der Waals surface area contributed by atoms with Crippen LogP contribution in [-0.4, -0.2) is 9.97 Å². The average Bonchev–Trinajstić information content (AvgIpc) is 2.80. The second-order valence-electron chi connectivity index (χ2n) is 3.28. The molecule has 0 saturated heterocycles.